The summed E-state index contributed by atoms with van der Waals surface area (Å²) in [5.41, 5.74) is 0.0128. The van der Waals surface area contributed by atoms with Crippen LogP contribution in [0.4, 0.5) is 0 Å². The third-order valence-electron chi connectivity index (χ3n) is 4.55. The van der Waals surface area contributed by atoms with Gasteiger partial charge in [0.2, 0.25) is 5.91 Å². The van der Waals surface area contributed by atoms with Gasteiger partial charge in [-0.3, -0.25) is 4.79 Å². The van der Waals surface area contributed by atoms with Gasteiger partial charge in [0.05, 0.1) is 19.3 Å². The van der Waals surface area contributed by atoms with E-state index in [0.717, 1.165) is 32.4 Å². The number of ether oxygens (including phenoxy) is 2. The Kier molecular flexibility index (Phi) is 5.41. The van der Waals surface area contributed by atoms with Crippen LogP contribution in [-0.4, -0.2) is 50.5 Å². The first-order valence-electron chi connectivity index (χ1n) is 7.78. The zero-order chi connectivity index (χ0) is 14.6. The molecule has 116 valence electrons. The second kappa shape index (κ2) is 6.87. The number of carbonyl (C=O) groups is 1. The number of hydrogen-bond donors (Lipinski definition) is 2. The average molecular weight is 284 g/mol. The predicted molar refractivity (Wildman–Crippen MR) is 77.6 cm³/mol. The van der Waals surface area contributed by atoms with Crippen LogP contribution in [0.15, 0.2) is 0 Å². The number of carbonyl (C=O) groups excluding carboxylic acids is 1. The molecule has 20 heavy (non-hydrogen) atoms. The van der Waals surface area contributed by atoms with Crippen molar-refractivity contribution in [3.05, 3.63) is 0 Å². The number of amides is 1. The normalized spacial score (nSPS) is 32.5. The molecule has 1 aliphatic heterocycles. The Balaban J connectivity index is 1.75. The van der Waals surface area contributed by atoms with Gasteiger partial charge < -0.3 is 20.1 Å². The minimum absolute atomic E-state index is 0.0128. The van der Waals surface area contributed by atoms with Gasteiger partial charge in [-0.1, -0.05) is 27.2 Å². The second-order valence-electron chi connectivity index (χ2n) is 6.41. The van der Waals surface area contributed by atoms with E-state index in [0.29, 0.717) is 13.2 Å². The Morgan fingerprint density at radius 3 is 2.90 bits per heavy atom. The minimum atomic E-state index is -0.209. The van der Waals surface area contributed by atoms with E-state index in [9.17, 15) is 4.79 Å². The quantitative estimate of drug-likeness (QED) is 0.717. The first-order valence-corrected chi connectivity index (χ1v) is 7.78. The van der Waals surface area contributed by atoms with Gasteiger partial charge >= 0.3 is 0 Å². The van der Waals surface area contributed by atoms with Gasteiger partial charge in [-0.2, -0.15) is 0 Å². The summed E-state index contributed by atoms with van der Waals surface area (Å²) in [4.78, 5) is 12.2. The molecular formula is C15H28N2O3. The van der Waals surface area contributed by atoms with Gasteiger partial charge in [0.1, 0.15) is 6.04 Å². The molecule has 2 fully saturated rings. The molecule has 1 saturated carbocycles. The third-order valence-corrected chi connectivity index (χ3v) is 4.55. The van der Waals surface area contributed by atoms with Gasteiger partial charge in [-0.15, -0.1) is 0 Å². The van der Waals surface area contributed by atoms with E-state index in [4.69, 9.17) is 9.47 Å². The SMILES string of the molecule is CCCCOC1CC(NC(=O)C2COCCN2)C1(C)C. The Morgan fingerprint density at radius 1 is 1.50 bits per heavy atom. The topological polar surface area (TPSA) is 59.6 Å². The van der Waals surface area contributed by atoms with Crippen LogP contribution >= 0.6 is 0 Å². The maximum Gasteiger partial charge on any atom is 0.239 e. The molecule has 0 aromatic heterocycles. The summed E-state index contributed by atoms with van der Waals surface area (Å²) < 4.78 is 11.2. The highest BCUT2D eigenvalue weighted by Crippen LogP contribution is 2.42. The maximum atomic E-state index is 12.2. The molecule has 2 aliphatic rings. The van der Waals surface area contributed by atoms with Crippen LogP contribution in [0.1, 0.15) is 40.0 Å². The molecule has 0 aromatic carbocycles. The van der Waals surface area contributed by atoms with Crippen LogP contribution in [0.3, 0.4) is 0 Å². The molecule has 3 unspecified atom stereocenters. The maximum absolute atomic E-state index is 12.2. The average Bonchev–Trinajstić information content (AvgIpc) is 2.46. The van der Waals surface area contributed by atoms with Crippen LogP contribution in [0.5, 0.6) is 0 Å². The fourth-order valence-electron chi connectivity index (χ4n) is 2.79. The molecule has 0 aromatic rings. The highest BCUT2D eigenvalue weighted by molar-refractivity contribution is 5.82. The standard InChI is InChI=1S/C15H28N2O3/c1-4-5-7-20-13-9-12(15(13,2)3)17-14(18)11-10-19-8-6-16-11/h11-13,16H,4-10H2,1-3H3,(H,17,18). The zero-order valence-corrected chi connectivity index (χ0v) is 12.9. The van der Waals surface area contributed by atoms with E-state index >= 15 is 0 Å². The lowest BCUT2D eigenvalue weighted by Crippen LogP contribution is -2.64. The fourth-order valence-corrected chi connectivity index (χ4v) is 2.79. The number of nitrogens with one attached hydrogen (secondary N) is 2. The van der Waals surface area contributed by atoms with E-state index in [1.807, 2.05) is 0 Å². The molecule has 0 radical (unpaired) electrons. The van der Waals surface area contributed by atoms with Crippen LogP contribution in [0.2, 0.25) is 0 Å². The molecule has 1 heterocycles. The van der Waals surface area contributed by atoms with Crippen molar-refractivity contribution in [2.24, 2.45) is 5.41 Å². The van der Waals surface area contributed by atoms with Crippen LogP contribution in [0.25, 0.3) is 0 Å². The molecule has 0 spiro atoms. The number of morpholine rings is 1. The van der Waals surface area contributed by atoms with Crippen molar-refractivity contribution >= 4 is 5.91 Å². The van der Waals surface area contributed by atoms with Crippen molar-refractivity contribution < 1.29 is 14.3 Å². The van der Waals surface area contributed by atoms with E-state index in [1.165, 1.54) is 0 Å². The molecule has 3 atom stereocenters. The molecule has 1 amide bonds. The summed E-state index contributed by atoms with van der Waals surface area (Å²) in [5.74, 6) is 0.0507. The van der Waals surface area contributed by atoms with E-state index in [-0.39, 0.29) is 29.5 Å². The summed E-state index contributed by atoms with van der Waals surface area (Å²) >= 11 is 0. The van der Waals surface area contributed by atoms with Gasteiger partial charge in [0, 0.05) is 24.6 Å². The van der Waals surface area contributed by atoms with Crippen molar-refractivity contribution in [1.29, 1.82) is 0 Å². The van der Waals surface area contributed by atoms with E-state index < -0.39 is 0 Å². The first kappa shape index (κ1) is 15.7. The van der Waals surface area contributed by atoms with Crippen LogP contribution in [-0.2, 0) is 14.3 Å². The zero-order valence-electron chi connectivity index (χ0n) is 12.9. The number of rotatable bonds is 6. The van der Waals surface area contributed by atoms with Crippen molar-refractivity contribution in [3.8, 4) is 0 Å². The Bertz CT molecular complexity index is 327. The van der Waals surface area contributed by atoms with Gasteiger partial charge in [-0.25, -0.2) is 0 Å². The van der Waals surface area contributed by atoms with Crippen molar-refractivity contribution in [2.45, 2.75) is 58.2 Å². The van der Waals surface area contributed by atoms with Gasteiger partial charge in [0.15, 0.2) is 0 Å². The third kappa shape index (κ3) is 3.51. The lowest BCUT2D eigenvalue weighted by atomic mass is 9.64. The smallest absolute Gasteiger partial charge is 0.239 e. The summed E-state index contributed by atoms with van der Waals surface area (Å²) in [5, 5.41) is 6.32. The van der Waals surface area contributed by atoms with Crippen LogP contribution < -0.4 is 10.6 Å². The van der Waals surface area contributed by atoms with Gasteiger partial charge in [-0.05, 0) is 12.8 Å². The van der Waals surface area contributed by atoms with E-state index in [2.05, 4.69) is 31.4 Å². The first-order chi connectivity index (χ1) is 9.55. The van der Waals surface area contributed by atoms with E-state index in [1.54, 1.807) is 0 Å². The summed E-state index contributed by atoms with van der Waals surface area (Å²) in [6.45, 7) is 9.23. The molecule has 2 rings (SSSR count). The highest BCUT2D eigenvalue weighted by atomic mass is 16.5. The summed E-state index contributed by atoms with van der Waals surface area (Å²) in [6.07, 6.45) is 3.43. The van der Waals surface area contributed by atoms with Crippen molar-refractivity contribution in [2.75, 3.05) is 26.4 Å². The van der Waals surface area contributed by atoms with Crippen LogP contribution in [0, 0.1) is 5.41 Å². The predicted octanol–water partition coefficient (Wildman–Crippen LogP) is 1.07. The van der Waals surface area contributed by atoms with Gasteiger partial charge in [0.25, 0.3) is 0 Å². The molecular weight excluding hydrogens is 256 g/mol. The molecule has 0 bridgehead atoms. The lowest BCUT2D eigenvalue weighted by molar-refractivity contribution is -0.141. The van der Waals surface area contributed by atoms with Crippen molar-refractivity contribution in [3.63, 3.8) is 0 Å². The van der Waals surface area contributed by atoms with Crippen molar-refractivity contribution in [1.82, 2.24) is 10.6 Å². The molecule has 5 nitrogen and oxygen atoms in total. The molecule has 1 aliphatic carbocycles. The molecule has 1 saturated heterocycles. The minimum Gasteiger partial charge on any atom is -0.378 e. The Morgan fingerprint density at radius 2 is 2.30 bits per heavy atom. The number of unbranched alkanes of at least 4 members (excludes halogenated alkanes) is 1. The number of hydrogen-bond acceptors (Lipinski definition) is 4. The lowest BCUT2D eigenvalue weighted by Gasteiger charge is -2.52. The highest BCUT2D eigenvalue weighted by Gasteiger charge is 2.50. The molecule has 2 N–H and O–H groups in total. The Hall–Kier alpha value is -0.650. The second-order valence-corrected chi connectivity index (χ2v) is 6.41. The summed E-state index contributed by atoms with van der Waals surface area (Å²) in [7, 11) is 0. The largest absolute Gasteiger partial charge is 0.378 e. The fraction of sp³-hybridized carbons (Fsp3) is 0.933. The molecule has 5 heteroatoms. The monoisotopic (exact) mass is 284 g/mol. The summed E-state index contributed by atoms with van der Waals surface area (Å²) in [6, 6.07) is -0.00929. The Labute approximate surface area is 121 Å².